The maximum atomic E-state index is 11.1. The van der Waals surface area contributed by atoms with Crippen molar-refractivity contribution < 1.29 is 14.6 Å². The van der Waals surface area contributed by atoms with Gasteiger partial charge in [0, 0.05) is 23.7 Å². The molecule has 0 amide bonds. The van der Waals surface area contributed by atoms with E-state index in [0.29, 0.717) is 29.5 Å². The molecule has 20 heavy (non-hydrogen) atoms. The first-order chi connectivity index (χ1) is 9.32. The first-order valence-electron chi connectivity index (χ1n) is 6.74. The molecule has 0 aliphatic heterocycles. The maximum absolute atomic E-state index is 11.1. The molecule has 0 saturated heterocycles. The second-order valence-electron chi connectivity index (χ2n) is 5.22. The molecule has 0 spiro atoms. The Bertz CT molecular complexity index is 452. The Morgan fingerprint density at radius 3 is 2.40 bits per heavy atom. The van der Waals surface area contributed by atoms with Gasteiger partial charge in [0.15, 0.2) is 0 Å². The van der Waals surface area contributed by atoms with Gasteiger partial charge in [-0.3, -0.25) is 4.90 Å². The Hall–Kier alpha value is -1.26. The van der Waals surface area contributed by atoms with E-state index >= 15 is 0 Å². The van der Waals surface area contributed by atoms with E-state index in [0.717, 1.165) is 6.54 Å². The number of ether oxygens (including phenoxy) is 1. The van der Waals surface area contributed by atoms with Crippen LogP contribution in [-0.4, -0.2) is 41.2 Å². The van der Waals surface area contributed by atoms with Crippen molar-refractivity contribution >= 4 is 17.6 Å². The highest BCUT2D eigenvalue weighted by Gasteiger charge is 2.15. The van der Waals surface area contributed by atoms with E-state index in [1.165, 1.54) is 6.07 Å². The standard InChI is InChI=1S/C15H22ClNO3/c1-10(2)17(11(3)4)7-8-20-14-6-5-12(16)9-13(14)15(18)19/h5-6,9-11H,7-8H2,1-4H3,(H,18,19). The molecule has 0 heterocycles. The topological polar surface area (TPSA) is 49.8 Å². The van der Waals surface area contributed by atoms with Crippen LogP contribution in [0.1, 0.15) is 38.1 Å². The molecule has 0 unspecified atom stereocenters. The van der Waals surface area contributed by atoms with Crippen LogP contribution in [0.15, 0.2) is 18.2 Å². The Kier molecular flexibility index (Phi) is 6.30. The van der Waals surface area contributed by atoms with Crippen molar-refractivity contribution in [1.29, 1.82) is 0 Å². The highest BCUT2D eigenvalue weighted by atomic mass is 35.5. The molecule has 0 aliphatic carbocycles. The van der Waals surface area contributed by atoms with Crippen LogP contribution in [0.3, 0.4) is 0 Å². The number of carbonyl (C=O) groups is 1. The Morgan fingerprint density at radius 2 is 1.90 bits per heavy atom. The summed E-state index contributed by atoms with van der Waals surface area (Å²) in [5.74, 6) is -0.679. The summed E-state index contributed by atoms with van der Waals surface area (Å²) >= 11 is 5.80. The minimum absolute atomic E-state index is 0.0955. The van der Waals surface area contributed by atoms with Crippen LogP contribution in [0, 0.1) is 0 Å². The molecular weight excluding hydrogens is 278 g/mol. The lowest BCUT2D eigenvalue weighted by atomic mass is 10.2. The van der Waals surface area contributed by atoms with E-state index in [2.05, 4.69) is 32.6 Å². The van der Waals surface area contributed by atoms with Crippen molar-refractivity contribution in [2.24, 2.45) is 0 Å². The third-order valence-electron chi connectivity index (χ3n) is 3.11. The maximum Gasteiger partial charge on any atom is 0.339 e. The lowest BCUT2D eigenvalue weighted by molar-refractivity contribution is 0.0690. The van der Waals surface area contributed by atoms with Gasteiger partial charge in [-0.1, -0.05) is 11.6 Å². The third-order valence-corrected chi connectivity index (χ3v) is 3.34. The molecule has 1 aromatic rings. The van der Waals surface area contributed by atoms with Crippen molar-refractivity contribution in [2.75, 3.05) is 13.2 Å². The number of halogens is 1. The van der Waals surface area contributed by atoms with E-state index in [1.54, 1.807) is 12.1 Å². The molecule has 5 heteroatoms. The van der Waals surface area contributed by atoms with Gasteiger partial charge in [-0.2, -0.15) is 0 Å². The second-order valence-corrected chi connectivity index (χ2v) is 5.66. The first kappa shape index (κ1) is 16.8. The van der Waals surface area contributed by atoms with E-state index in [-0.39, 0.29) is 5.56 Å². The summed E-state index contributed by atoms with van der Waals surface area (Å²) in [6, 6.07) is 5.47. The number of nitrogens with zero attached hydrogens (tertiary/aromatic N) is 1. The van der Waals surface area contributed by atoms with Gasteiger partial charge in [0.2, 0.25) is 0 Å². The van der Waals surface area contributed by atoms with Crippen LogP contribution >= 0.6 is 11.6 Å². The van der Waals surface area contributed by atoms with Crippen molar-refractivity contribution in [1.82, 2.24) is 4.90 Å². The third kappa shape index (κ3) is 4.69. The number of carboxylic acids is 1. The summed E-state index contributed by atoms with van der Waals surface area (Å²) in [5, 5.41) is 9.52. The predicted octanol–water partition coefficient (Wildman–Crippen LogP) is 3.54. The molecule has 0 atom stereocenters. The van der Waals surface area contributed by atoms with Crippen LogP contribution in [0.4, 0.5) is 0 Å². The van der Waals surface area contributed by atoms with Crippen molar-refractivity contribution in [3.05, 3.63) is 28.8 Å². The minimum Gasteiger partial charge on any atom is -0.491 e. The molecule has 112 valence electrons. The Morgan fingerprint density at radius 1 is 1.30 bits per heavy atom. The zero-order chi connectivity index (χ0) is 15.3. The SMILES string of the molecule is CC(C)N(CCOc1ccc(Cl)cc1C(=O)O)C(C)C. The summed E-state index contributed by atoms with van der Waals surface area (Å²) in [7, 11) is 0. The monoisotopic (exact) mass is 299 g/mol. The fourth-order valence-corrected chi connectivity index (χ4v) is 2.34. The van der Waals surface area contributed by atoms with Crippen LogP contribution in [0.25, 0.3) is 0 Å². The molecule has 1 aromatic carbocycles. The molecule has 0 saturated carbocycles. The normalized spacial score (nSPS) is 11.4. The largest absolute Gasteiger partial charge is 0.491 e. The van der Waals surface area contributed by atoms with E-state index < -0.39 is 5.97 Å². The van der Waals surface area contributed by atoms with Gasteiger partial charge in [-0.25, -0.2) is 4.79 Å². The number of rotatable bonds is 7. The van der Waals surface area contributed by atoms with Crippen molar-refractivity contribution in [3.63, 3.8) is 0 Å². The number of hydrogen-bond acceptors (Lipinski definition) is 3. The zero-order valence-corrected chi connectivity index (χ0v) is 13.1. The molecule has 0 bridgehead atoms. The number of benzene rings is 1. The van der Waals surface area contributed by atoms with Crippen molar-refractivity contribution in [2.45, 2.75) is 39.8 Å². The average molecular weight is 300 g/mol. The number of aromatic carboxylic acids is 1. The summed E-state index contributed by atoms with van der Waals surface area (Å²) in [5.41, 5.74) is 0.0955. The van der Waals surface area contributed by atoms with Crippen LogP contribution in [-0.2, 0) is 0 Å². The summed E-state index contributed by atoms with van der Waals surface area (Å²) in [6.45, 7) is 9.71. The Labute approximate surface area is 125 Å². The lowest BCUT2D eigenvalue weighted by Gasteiger charge is -2.30. The van der Waals surface area contributed by atoms with E-state index in [9.17, 15) is 4.79 Å². The Balaban J connectivity index is 2.68. The second kappa shape index (κ2) is 7.50. The van der Waals surface area contributed by atoms with Gasteiger partial charge in [-0.05, 0) is 45.9 Å². The van der Waals surface area contributed by atoms with Gasteiger partial charge in [0.25, 0.3) is 0 Å². The minimum atomic E-state index is -1.04. The van der Waals surface area contributed by atoms with Crippen LogP contribution in [0.2, 0.25) is 5.02 Å². The summed E-state index contributed by atoms with van der Waals surface area (Å²) in [4.78, 5) is 13.4. The molecule has 0 radical (unpaired) electrons. The smallest absolute Gasteiger partial charge is 0.339 e. The quantitative estimate of drug-likeness (QED) is 0.836. The number of hydrogen-bond donors (Lipinski definition) is 1. The number of carboxylic acid groups (broad SMARTS) is 1. The highest BCUT2D eigenvalue weighted by molar-refractivity contribution is 6.31. The lowest BCUT2D eigenvalue weighted by Crippen LogP contribution is -2.39. The van der Waals surface area contributed by atoms with Gasteiger partial charge < -0.3 is 9.84 Å². The fourth-order valence-electron chi connectivity index (χ4n) is 2.17. The molecule has 1 rings (SSSR count). The molecule has 0 fully saturated rings. The van der Waals surface area contributed by atoms with Gasteiger partial charge in [0.1, 0.15) is 17.9 Å². The van der Waals surface area contributed by atoms with Crippen molar-refractivity contribution in [3.8, 4) is 5.75 Å². The molecule has 0 aromatic heterocycles. The molecule has 4 nitrogen and oxygen atoms in total. The predicted molar refractivity (Wildman–Crippen MR) is 80.9 cm³/mol. The van der Waals surface area contributed by atoms with Gasteiger partial charge >= 0.3 is 5.97 Å². The summed E-state index contributed by atoms with van der Waals surface area (Å²) < 4.78 is 5.60. The van der Waals surface area contributed by atoms with E-state index in [4.69, 9.17) is 21.4 Å². The zero-order valence-electron chi connectivity index (χ0n) is 12.4. The fraction of sp³-hybridized carbons (Fsp3) is 0.533. The highest BCUT2D eigenvalue weighted by Crippen LogP contribution is 2.23. The summed E-state index contributed by atoms with van der Waals surface area (Å²) in [6.07, 6.45) is 0. The molecular formula is C15H22ClNO3. The van der Waals surface area contributed by atoms with Crippen LogP contribution < -0.4 is 4.74 Å². The average Bonchev–Trinajstić information content (AvgIpc) is 2.34. The van der Waals surface area contributed by atoms with E-state index in [1.807, 2.05) is 0 Å². The first-order valence-corrected chi connectivity index (χ1v) is 7.12. The van der Waals surface area contributed by atoms with Gasteiger partial charge in [-0.15, -0.1) is 0 Å². The van der Waals surface area contributed by atoms with Gasteiger partial charge in [0.05, 0.1) is 0 Å². The van der Waals surface area contributed by atoms with Crippen LogP contribution in [0.5, 0.6) is 5.75 Å². The molecule has 1 N–H and O–H groups in total. The molecule has 0 aliphatic rings.